The number of carbonyl (C=O) groups excluding carboxylic acids is 1. The molecule has 1 amide bonds. The Morgan fingerprint density at radius 3 is 3.00 bits per heavy atom. The summed E-state index contributed by atoms with van der Waals surface area (Å²) in [5, 5.41) is 0. The zero-order valence-corrected chi connectivity index (χ0v) is 8.87. The lowest BCUT2D eigenvalue weighted by Crippen LogP contribution is -2.32. The van der Waals surface area contributed by atoms with Gasteiger partial charge in [-0.25, -0.2) is 0 Å². The fraction of sp³-hybridized carbons (Fsp3) is 0.875. The zero-order valence-electron chi connectivity index (χ0n) is 7.16. The molecule has 0 aromatic heterocycles. The number of hydrogen-bond donors (Lipinski definition) is 1. The molecule has 1 aliphatic heterocycles. The van der Waals surface area contributed by atoms with Crippen LogP contribution in [-0.4, -0.2) is 41.2 Å². The lowest BCUT2D eigenvalue weighted by atomic mass is 10.3. The SMILES string of the molecule is O=C(CCS)N1CCCSCC1. The highest BCUT2D eigenvalue weighted by Gasteiger charge is 2.13. The van der Waals surface area contributed by atoms with Crippen LogP contribution in [-0.2, 0) is 4.79 Å². The second kappa shape index (κ2) is 5.75. The first-order valence-corrected chi connectivity index (χ1v) is 6.09. The molecule has 0 unspecified atom stereocenters. The average Bonchev–Trinajstić information content (AvgIpc) is 2.32. The molecular weight excluding hydrogens is 190 g/mol. The summed E-state index contributed by atoms with van der Waals surface area (Å²) in [4.78, 5) is 13.4. The predicted molar refractivity (Wildman–Crippen MR) is 57.0 cm³/mol. The van der Waals surface area contributed by atoms with E-state index in [0.717, 1.165) is 25.3 Å². The lowest BCUT2D eigenvalue weighted by molar-refractivity contribution is -0.130. The smallest absolute Gasteiger partial charge is 0.223 e. The van der Waals surface area contributed by atoms with E-state index in [1.54, 1.807) is 0 Å². The van der Waals surface area contributed by atoms with Gasteiger partial charge in [0.25, 0.3) is 0 Å². The Labute approximate surface area is 83.5 Å². The third-order valence-corrected chi connectivity index (χ3v) is 3.17. The molecular formula is C8H15NOS2. The van der Waals surface area contributed by atoms with Gasteiger partial charge in [-0.2, -0.15) is 24.4 Å². The molecule has 0 bridgehead atoms. The molecule has 0 spiro atoms. The number of thiol groups is 1. The maximum absolute atomic E-state index is 11.4. The van der Waals surface area contributed by atoms with E-state index in [1.165, 1.54) is 5.75 Å². The molecule has 1 heterocycles. The van der Waals surface area contributed by atoms with Crippen LogP contribution in [0.15, 0.2) is 0 Å². The van der Waals surface area contributed by atoms with E-state index in [0.29, 0.717) is 12.2 Å². The van der Waals surface area contributed by atoms with Crippen LogP contribution in [0.1, 0.15) is 12.8 Å². The summed E-state index contributed by atoms with van der Waals surface area (Å²) in [6.07, 6.45) is 1.73. The van der Waals surface area contributed by atoms with Gasteiger partial charge in [0, 0.05) is 25.3 Å². The zero-order chi connectivity index (χ0) is 8.81. The molecule has 0 aromatic carbocycles. The highest BCUT2D eigenvalue weighted by atomic mass is 32.2. The third kappa shape index (κ3) is 3.27. The maximum Gasteiger partial charge on any atom is 0.223 e. The van der Waals surface area contributed by atoms with E-state index in [9.17, 15) is 4.79 Å². The summed E-state index contributed by atoms with van der Waals surface area (Å²) in [5.41, 5.74) is 0. The second-order valence-electron chi connectivity index (χ2n) is 2.82. The van der Waals surface area contributed by atoms with E-state index in [4.69, 9.17) is 0 Å². The van der Waals surface area contributed by atoms with Crippen molar-refractivity contribution in [3.05, 3.63) is 0 Å². The van der Waals surface area contributed by atoms with Crippen LogP contribution < -0.4 is 0 Å². The van der Waals surface area contributed by atoms with Crippen LogP contribution in [0.3, 0.4) is 0 Å². The first-order valence-electron chi connectivity index (χ1n) is 4.31. The molecule has 0 N–H and O–H groups in total. The van der Waals surface area contributed by atoms with Crippen LogP contribution in [0.5, 0.6) is 0 Å². The van der Waals surface area contributed by atoms with Crippen molar-refractivity contribution in [1.82, 2.24) is 4.90 Å². The van der Waals surface area contributed by atoms with E-state index < -0.39 is 0 Å². The molecule has 12 heavy (non-hydrogen) atoms. The minimum atomic E-state index is 0.271. The predicted octanol–water partition coefficient (Wildman–Crippen LogP) is 1.27. The molecule has 0 aromatic rings. The Hall–Kier alpha value is 0.170. The first-order chi connectivity index (χ1) is 5.84. The van der Waals surface area contributed by atoms with Crippen molar-refractivity contribution in [2.75, 3.05) is 30.3 Å². The summed E-state index contributed by atoms with van der Waals surface area (Å²) in [5.74, 6) is 3.23. The van der Waals surface area contributed by atoms with Gasteiger partial charge in [0.2, 0.25) is 5.91 Å². The van der Waals surface area contributed by atoms with Crippen molar-refractivity contribution in [3.63, 3.8) is 0 Å². The van der Waals surface area contributed by atoms with E-state index in [2.05, 4.69) is 12.6 Å². The molecule has 0 atom stereocenters. The van der Waals surface area contributed by atoms with Gasteiger partial charge in [-0.05, 0) is 17.9 Å². The summed E-state index contributed by atoms with van der Waals surface area (Å²) >= 11 is 6.00. The highest BCUT2D eigenvalue weighted by molar-refractivity contribution is 7.99. The van der Waals surface area contributed by atoms with Gasteiger partial charge < -0.3 is 4.90 Å². The topological polar surface area (TPSA) is 20.3 Å². The van der Waals surface area contributed by atoms with Crippen molar-refractivity contribution < 1.29 is 4.79 Å². The van der Waals surface area contributed by atoms with Gasteiger partial charge in [-0.1, -0.05) is 0 Å². The van der Waals surface area contributed by atoms with Gasteiger partial charge in [0.1, 0.15) is 0 Å². The lowest BCUT2D eigenvalue weighted by Gasteiger charge is -2.19. The maximum atomic E-state index is 11.4. The first kappa shape index (κ1) is 10.3. The fourth-order valence-electron chi connectivity index (χ4n) is 1.25. The third-order valence-electron chi connectivity index (χ3n) is 1.90. The van der Waals surface area contributed by atoms with Crippen LogP contribution in [0.25, 0.3) is 0 Å². The average molecular weight is 205 g/mol. The van der Waals surface area contributed by atoms with Crippen molar-refractivity contribution in [2.45, 2.75) is 12.8 Å². The normalized spacial score (nSPS) is 18.9. The molecule has 1 saturated heterocycles. The molecule has 1 fully saturated rings. The van der Waals surface area contributed by atoms with E-state index >= 15 is 0 Å². The Balaban J connectivity index is 2.32. The minimum Gasteiger partial charge on any atom is -0.342 e. The number of nitrogens with zero attached hydrogens (tertiary/aromatic N) is 1. The van der Waals surface area contributed by atoms with Crippen LogP contribution in [0.2, 0.25) is 0 Å². The molecule has 4 heteroatoms. The molecule has 0 saturated carbocycles. The van der Waals surface area contributed by atoms with Gasteiger partial charge in [0.15, 0.2) is 0 Å². The molecule has 1 rings (SSSR count). The fourth-order valence-corrected chi connectivity index (χ4v) is 2.33. The number of rotatable bonds is 2. The van der Waals surface area contributed by atoms with Gasteiger partial charge in [0.05, 0.1) is 0 Å². The van der Waals surface area contributed by atoms with Gasteiger partial charge in [-0.15, -0.1) is 0 Å². The Bertz CT molecular complexity index is 144. The summed E-state index contributed by atoms with van der Waals surface area (Å²) < 4.78 is 0. The largest absolute Gasteiger partial charge is 0.342 e. The summed E-state index contributed by atoms with van der Waals surface area (Å²) in [6, 6.07) is 0. The number of thioether (sulfide) groups is 1. The van der Waals surface area contributed by atoms with E-state index in [-0.39, 0.29) is 5.91 Å². The van der Waals surface area contributed by atoms with Crippen molar-refractivity contribution in [3.8, 4) is 0 Å². The van der Waals surface area contributed by atoms with Gasteiger partial charge >= 0.3 is 0 Å². The monoisotopic (exact) mass is 205 g/mol. The van der Waals surface area contributed by atoms with Crippen LogP contribution in [0, 0.1) is 0 Å². The summed E-state index contributed by atoms with van der Waals surface area (Å²) in [7, 11) is 0. The molecule has 70 valence electrons. The van der Waals surface area contributed by atoms with Crippen molar-refractivity contribution in [2.24, 2.45) is 0 Å². The van der Waals surface area contributed by atoms with Crippen LogP contribution >= 0.6 is 24.4 Å². The molecule has 1 aliphatic rings. The molecule has 0 aliphatic carbocycles. The highest BCUT2D eigenvalue weighted by Crippen LogP contribution is 2.10. The Morgan fingerprint density at radius 1 is 1.42 bits per heavy atom. The Kier molecular flexibility index (Phi) is 4.92. The number of carbonyl (C=O) groups is 1. The molecule has 2 nitrogen and oxygen atoms in total. The van der Waals surface area contributed by atoms with E-state index in [1.807, 2.05) is 16.7 Å². The number of hydrogen-bond acceptors (Lipinski definition) is 3. The van der Waals surface area contributed by atoms with Crippen molar-refractivity contribution in [1.29, 1.82) is 0 Å². The van der Waals surface area contributed by atoms with Crippen LogP contribution in [0.4, 0.5) is 0 Å². The number of amides is 1. The quantitative estimate of drug-likeness (QED) is 0.685. The van der Waals surface area contributed by atoms with Gasteiger partial charge in [-0.3, -0.25) is 4.79 Å². The second-order valence-corrected chi connectivity index (χ2v) is 4.49. The minimum absolute atomic E-state index is 0.271. The Morgan fingerprint density at radius 2 is 2.25 bits per heavy atom. The summed E-state index contributed by atoms with van der Waals surface area (Å²) in [6.45, 7) is 1.87. The standard InChI is InChI=1S/C8H15NOS2/c10-8(2-5-11)9-3-1-6-12-7-4-9/h11H,1-7H2. The molecule has 0 radical (unpaired) electrons. The van der Waals surface area contributed by atoms with Crippen molar-refractivity contribution >= 4 is 30.3 Å².